The number of aryl methyl sites for hydroxylation is 1. The summed E-state index contributed by atoms with van der Waals surface area (Å²) in [5.41, 5.74) is 13.4. The predicted octanol–water partition coefficient (Wildman–Crippen LogP) is 6.13. The number of anilines is 3. The summed E-state index contributed by atoms with van der Waals surface area (Å²) < 4.78 is 0. The second-order valence-corrected chi connectivity index (χ2v) is 9.84. The summed E-state index contributed by atoms with van der Waals surface area (Å²) in [4.78, 5) is 15.5. The molecule has 0 radical (unpaired) electrons. The van der Waals surface area contributed by atoms with E-state index in [4.69, 9.17) is 17.3 Å². The number of alkyl halides is 1. The maximum Gasteiger partial charge on any atom is 0.258 e. The Balaban J connectivity index is 1.35. The summed E-state index contributed by atoms with van der Waals surface area (Å²) in [5.74, 6) is 0.512. The Morgan fingerprint density at radius 2 is 1.94 bits per heavy atom. The van der Waals surface area contributed by atoms with Crippen molar-refractivity contribution in [3.05, 3.63) is 94.5 Å². The van der Waals surface area contributed by atoms with E-state index in [1.165, 1.54) is 5.56 Å². The highest BCUT2D eigenvalue weighted by Crippen LogP contribution is 2.47. The lowest BCUT2D eigenvalue weighted by Crippen LogP contribution is -2.30. The van der Waals surface area contributed by atoms with Gasteiger partial charge >= 0.3 is 0 Å². The molecular weight excluding hydrogens is 458 g/mol. The molecule has 0 spiro atoms. The molecule has 4 aromatic rings. The van der Waals surface area contributed by atoms with Crippen LogP contribution in [0.15, 0.2) is 66.7 Å². The molecular formula is C29H26ClN3O2. The highest BCUT2D eigenvalue weighted by molar-refractivity contribution is 6.19. The number of benzene rings is 4. The van der Waals surface area contributed by atoms with Crippen LogP contribution < -0.4 is 16.0 Å². The number of rotatable bonds is 3. The molecule has 4 N–H and O–H groups in total. The first kappa shape index (κ1) is 21.8. The van der Waals surface area contributed by atoms with Crippen LogP contribution in [-0.4, -0.2) is 23.4 Å². The van der Waals surface area contributed by atoms with Crippen molar-refractivity contribution in [2.45, 2.75) is 25.3 Å². The van der Waals surface area contributed by atoms with Gasteiger partial charge in [-0.25, -0.2) is 0 Å². The molecule has 0 bridgehead atoms. The fraction of sp³-hybridized carbons (Fsp3) is 0.207. The van der Waals surface area contributed by atoms with Crippen LogP contribution in [-0.2, 0) is 6.42 Å². The van der Waals surface area contributed by atoms with Crippen molar-refractivity contribution in [2.24, 2.45) is 0 Å². The zero-order chi connectivity index (χ0) is 24.3. The molecule has 0 saturated heterocycles. The summed E-state index contributed by atoms with van der Waals surface area (Å²) in [6.45, 7) is 2.52. The third-order valence-corrected chi connectivity index (χ3v) is 7.72. The summed E-state index contributed by atoms with van der Waals surface area (Å²) >= 11 is 6.39. The molecule has 0 fully saturated rings. The van der Waals surface area contributed by atoms with Gasteiger partial charge in [0.1, 0.15) is 5.75 Å². The fourth-order valence-electron chi connectivity index (χ4n) is 5.60. The Bertz CT molecular complexity index is 1480. The SMILES string of the molecule is Cc1cccc2c(O)cc3c(c12)[C@H](CCl)CN3C(=O)c1ccc2c(c1)CC(c1ccc(N)cc1)N2. The molecule has 0 aromatic heterocycles. The number of phenolic OH excluding ortho intramolecular Hbond substituents is 1. The Hall–Kier alpha value is -3.70. The second kappa shape index (κ2) is 8.21. The average Bonchev–Trinajstić information content (AvgIpc) is 3.45. The molecule has 0 aliphatic carbocycles. The van der Waals surface area contributed by atoms with Crippen LogP contribution in [0, 0.1) is 6.92 Å². The fourth-order valence-corrected chi connectivity index (χ4v) is 5.85. The van der Waals surface area contributed by atoms with E-state index in [0.29, 0.717) is 18.0 Å². The largest absolute Gasteiger partial charge is 0.507 e. The van der Waals surface area contributed by atoms with Gasteiger partial charge in [-0.3, -0.25) is 4.79 Å². The molecule has 6 heteroatoms. The number of phenols is 1. The monoisotopic (exact) mass is 483 g/mol. The standard InChI is InChI=1S/C29H26ClN3O2/c1-16-3-2-4-22-26(34)13-25-28(27(16)22)20(14-30)15-33(25)29(35)18-7-10-23-19(11-18)12-24(32-23)17-5-8-21(31)9-6-17/h2-11,13,20,24,32,34H,12,14-15,31H2,1H3/t20-,24?/m1/s1. The number of nitrogens with one attached hydrogen (secondary N) is 1. The van der Waals surface area contributed by atoms with Crippen molar-refractivity contribution >= 4 is 45.3 Å². The van der Waals surface area contributed by atoms with Gasteiger partial charge in [-0.15, -0.1) is 11.6 Å². The van der Waals surface area contributed by atoms with E-state index in [9.17, 15) is 9.90 Å². The van der Waals surface area contributed by atoms with E-state index in [-0.39, 0.29) is 23.6 Å². The highest BCUT2D eigenvalue weighted by atomic mass is 35.5. The number of carbonyl (C=O) groups excluding carboxylic acids is 1. The maximum atomic E-state index is 13.8. The van der Waals surface area contributed by atoms with Crippen molar-refractivity contribution in [1.82, 2.24) is 0 Å². The quantitative estimate of drug-likeness (QED) is 0.242. The van der Waals surface area contributed by atoms with Crippen LogP contribution in [0.1, 0.15) is 44.6 Å². The van der Waals surface area contributed by atoms with Gasteiger partial charge in [-0.05, 0) is 71.3 Å². The maximum absolute atomic E-state index is 13.8. The number of carbonyl (C=O) groups is 1. The number of nitrogen functional groups attached to an aromatic ring is 1. The van der Waals surface area contributed by atoms with Gasteiger partial charge in [0.2, 0.25) is 0 Å². The Labute approximate surface area is 209 Å². The van der Waals surface area contributed by atoms with Gasteiger partial charge in [-0.1, -0.05) is 30.3 Å². The summed E-state index contributed by atoms with van der Waals surface area (Å²) in [6, 6.07) is 21.5. The minimum Gasteiger partial charge on any atom is -0.507 e. The molecule has 35 heavy (non-hydrogen) atoms. The lowest BCUT2D eigenvalue weighted by atomic mass is 9.92. The molecule has 4 aromatic carbocycles. The van der Waals surface area contributed by atoms with Crippen molar-refractivity contribution in [2.75, 3.05) is 28.4 Å². The number of nitrogens with two attached hydrogens (primary N) is 1. The van der Waals surface area contributed by atoms with E-state index >= 15 is 0 Å². The Morgan fingerprint density at radius 3 is 2.71 bits per heavy atom. The molecule has 6 rings (SSSR count). The minimum absolute atomic E-state index is 0.00538. The topological polar surface area (TPSA) is 78.6 Å². The van der Waals surface area contributed by atoms with E-state index in [2.05, 4.69) is 5.32 Å². The van der Waals surface area contributed by atoms with Crippen LogP contribution in [0.3, 0.4) is 0 Å². The first-order valence-electron chi connectivity index (χ1n) is 11.8. The van der Waals surface area contributed by atoms with Crippen molar-refractivity contribution in [3.63, 3.8) is 0 Å². The predicted molar refractivity (Wildman–Crippen MR) is 143 cm³/mol. The van der Waals surface area contributed by atoms with Crippen LogP contribution in [0.2, 0.25) is 0 Å². The third-order valence-electron chi connectivity index (χ3n) is 7.35. The zero-order valence-electron chi connectivity index (χ0n) is 19.4. The molecule has 2 aliphatic rings. The number of fused-ring (bicyclic) bond motifs is 4. The second-order valence-electron chi connectivity index (χ2n) is 9.53. The molecule has 5 nitrogen and oxygen atoms in total. The van der Waals surface area contributed by atoms with Crippen molar-refractivity contribution < 1.29 is 9.90 Å². The van der Waals surface area contributed by atoms with E-state index in [1.54, 1.807) is 11.0 Å². The van der Waals surface area contributed by atoms with Crippen LogP contribution in [0.25, 0.3) is 10.8 Å². The van der Waals surface area contributed by atoms with Crippen LogP contribution in [0.5, 0.6) is 5.75 Å². The molecule has 1 unspecified atom stereocenters. The normalized spacial score (nSPS) is 18.4. The first-order chi connectivity index (χ1) is 16.9. The van der Waals surface area contributed by atoms with Crippen molar-refractivity contribution in [3.8, 4) is 5.75 Å². The highest BCUT2D eigenvalue weighted by Gasteiger charge is 2.35. The first-order valence-corrected chi connectivity index (χ1v) is 12.4. The lowest BCUT2D eigenvalue weighted by molar-refractivity contribution is 0.0988. The van der Waals surface area contributed by atoms with Gasteiger partial charge < -0.3 is 21.1 Å². The van der Waals surface area contributed by atoms with Gasteiger partial charge in [0, 0.05) is 46.7 Å². The lowest BCUT2D eigenvalue weighted by Gasteiger charge is -2.19. The minimum atomic E-state index is -0.0788. The summed E-state index contributed by atoms with van der Waals surface area (Å²) in [7, 11) is 0. The molecule has 2 heterocycles. The van der Waals surface area contributed by atoms with E-state index in [1.807, 2.05) is 67.6 Å². The summed E-state index contributed by atoms with van der Waals surface area (Å²) in [6.07, 6.45) is 0.798. The third kappa shape index (κ3) is 3.50. The molecule has 176 valence electrons. The number of hydrogen-bond acceptors (Lipinski definition) is 4. The summed E-state index contributed by atoms with van der Waals surface area (Å²) in [5, 5.41) is 16.1. The number of halogens is 1. The number of aromatic hydroxyl groups is 1. The number of amides is 1. The van der Waals surface area contributed by atoms with Crippen LogP contribution in [0.4, 0.5) is 17.1 Å². The molecule has 1 amide bonds. The van der Waals surface area contributed by atoms with Crippen LogP contribution >= 0.6 is 11.6 Å². The van der Waals surface area contributed by atoms with Gasteiger partial charge in [-0.2, -0.15) is 0 Å². The smallest absolute Gasteiger partial charge is 0.258 e. The van der Waals surface area contributed by atoms with Gasteiger partial charge in [0.25, 0.3) is 5.91 Å². The Kier molecular flexibility index (Phi) is 5.11. The Morgan fingerprint density at radius 1 is 1.14 bits per heavy atom. The molecule has 0 saturated carbocycles. The average molecular weight is 484 g/mol. The van der Waals surface area contributed by atoms with E-state index < -0.39 is 0 Å². The number of hydrogen-bond donors (Lipinski definition) is 3. The van der Waals surface area contributed by atoms with Crippen molar-refractivity contribution in [1.29, 1.82) is 0 Å². The van der Waals surface area contributed by atoms with Gasteiger partial charge in [0.15, 0.2) is 0 Å². The van der Waals surface area contributed by atoms with Gasteiger partial charge in [0.05, 0.1) is 11.7 Å². The molecule has 2 aliphatic heterocycles. The number of nitrogens with zero attached hydrogens (tertiary/aromatic N) is 1. The van der Waals surface area contributed by atoms with E-state index in [0.717, 1.165) is 50.9 Å². The molecule has 2 atom stereocenters. The zero-order valence-corrected chi connectivity index (χ0v) is 20.1.